The van der Waals surface area contributed by atoms with Crippen molar-refractivity contribution in [2.75, 3.05) is 0 Å². The van der Waals surface area contributed by atoms with Gasteiger partial charge in [-0.15, -0.1) is 0 Å². The molecule has 0 aliphatic heterocycles. The highest BCUT2D eigenvalue weighted by Gasteiger charge is 2.37. The highest BCUT2D eigenvalue weighted by molar-refractivity contribution is 6.36. The fraction of sp³-hybridized carbons (Fsp3) is 0.0556. The summed E-state index contributed by atoms with van der Waals surface area (Å²) in [6.07, 6.45) is 0. The molecule has 0 atom stereocenters. The van der Waals surface area contributed by atoms with Crippen molar-refractivity contribution in [2.24, 2.45) is 0 Å². The molecule has 4 heterocycles. The quantitative estimate of drug-likeness (QED) is 0.141. The van der Waals surface area contributed by atoms with Gasteiger partial charge >= 0.3 is 0 Å². The molecule has 24 rings (SSSR count). The fourth-order valence-electron chi connectivity index (χ4n) is 19.2. The lowest BCUT2D eigenvalue weighted by Crippen LogP contribution is -2.15. The zero-order valence-electron chi connectivity index (χ0n) is 64.2. The lowest BCUT2D eigenvalue weighted by Gasteiger charge is -2.21. The molecule has 18 aromatic carbocycles. The van der Waals surface area contributed by atoms with Crippen molar-refractivity contribution < 1.29 is 0 Å². The highest BCUT2D eigenvalue weighted by atomic mass is 15.1. The molecule has 2 aliphatic rings. The van der Waals surface area contributed by atoms with Crippen LogP contribution in [0.4, 0.5) is 0 Å². The summed E-state index contributed by atoms with van der Waals surface area (Å²) in [6, 6.07) is 131. The van der Waals surface area contributed by atoms with Crippen LogP contribution in [0.3, 0.4) is 0 Å². The van der Waals surface area contributed by atoms with Crippen molar-refractivity contribution in [3.8, 4) is 102 Å². The second-order valence-electron chi connectivity index (χ2n) is 32.0. The summed E-state index contributed by atoms with van der Waals surface area (Å²) in [5, 5.41) is 20.0. The Balaban J connectivity index is 0.000000137. The van der Waals surface area contributed by atoms with Crippen molar-refractivity contribution in [2.45, 2.75) is 38.5 Å². The van der Waals surface area contributed by atoms with Gasteiger partial charge in [0.25, 0.3) is 0 Å². The predicted molar refractivity (Wildman–Crippen MR) is 481 cm³/mol. The molecule has 22 aromatic rings. The van der Waals surface area contributed by atoms with Crippen LogP contribution in [0.2, 0.25) is 0 Å². The minimum atomic E-state index is -0.132. The lowest BCUT2D eigenvalue weighted by atomic mass is 9.82. The van der Waals surface area contributed by atoms with Gasteiger partial charge < -0.3 is 9.13 Å². The molecule has 4 aromatic heterocycles. The minimum Gasteiger partial charge on any atom is -0.309 e. The van der Waals surface area contributed by atoms with Crippen LogP contribution in [0.5, 0.6) is 0 Å². The van der Waals surface area contributed by atoms with E-state index in [0.29, 0.717) is 34.9 Å². The fourth-order valence-corrected chi connectivity index (χ4v) is 19.2. The van der Waals surface area contributed by atoms with Crippen LogP contribution in [0.25, 0.3) is 210 Å². The first-order valence-electron chi connectivity index (χ1n) is 39.9. The van der Waals surface area contributed by atoms with E-state index in [0.717, 1.165) is 44.8 Å². The normalized spacial score (nSPS) is 13.1. The van der Waals surface area contributed by atoms with E-state index >= 15 is 0 Å². The first kappa shape index (κ1) is 66.9. The zero-order valence-corrected chi connectivity index (χ0v) is 64.2. The van der Waals surface area contributed by atoms with Gasteiger partial charge in [0.2, 0.25) is 0 Å². The largest absolute Gasteiger partial charge is 0.309 e. The average Bonchev–Trinajstić information content (AvgIpc) is 1.54. The van der Waals surface area contributed by atoms with E-state index in [-0.39, 0.29) is 10.8 Å². The number of aromatic nitrogens is 8. The van der Waals surface area contributed by atoms with Gasteiger partial charge in [-0.25, -0.2) is 29.9 Å². The molecule has 8 heteroatoms. The second-order valence-corrected chi connectivity index (χ2v) is 32.0. The zero-order chi connectivity index (χ0) is 77.1. The molecule has 0 saturated heterocycles. The third kappa shape index (κ3) is 10.3. The smallest absolute Gasteiger partial charge is 0.164 e. The highest BCUT2D eigenvalue weighted by Crippen LogP contribution is 2.53. The summed E-state index contributed by atoms with van der Waals surface area (Å²) in [4.78, 5) is 30.8. The lowest BCUT2D eigenvalue weighted by molar-refractivity contribution is 0.660. The Morgan fingerprint density at radius 2 is 0.526 bits per heavy atom. The minimum absolute atomic E-state index is 0.132. The first-order valence-corrected chi connectivity index (χ1v) is 39.9. The van der Waals surface area contributed by atoms with Gasteiger partial charge in [0.15, 0.2) is 34.9 Å². The van der Waals surface area contributed by atoms with Crippen LogP contribution in [0, 0.1) is 0 Å². The monoisotopic (exact) mass is 1480 g/mol. The Kier molecular flexibility index (Phi) is 14.9. The van der Waals surface area contributed by atoms with E-state index in [4.69, 9.17) is 29.9 Å². The van der Waals surface area contributed by atoms with E-state index in [1.807, 2.05) is 36.4 Å². The van der Waals surface area contributed by atoms with Crippen molar-refractivity contribution in [3.63, 3.8) is 0 Å². The van der Waals surface area contributed by atoms with Gasteiger partial charge in [-0.1, -0.05) is 313 Å². The maximum absolute atomic E-state index is 5.19. The Hall–Kier alpha value is -14.9. The molecular formula is C108H72N8. The molecule has 0 radical (unpaired) electrons. The Labute approximate surface area is 669 Å². The van der Waals surface area contributed by atoms with E-state index in [9.17, 15) is 0 Å². The number of nitrogens with zero attached hydrogens (tertiary/aromatic N) is 8. The Morgan fingerprint density at radius 3 is 1.00 bits per heavy atom. The van der Waals surface area contributed by atoms with Crippen molar-refractivity contribution in [1.82, 2.24) is 39.0 Å². The Morgan fingerprint density at radius 1 is 0.198 bits per heavy atom. The predicted octanol–water partition coefficient (Wildman–Crippen LogP) is 27.5. The van der Waals surface area contributed by atoms with Crippen LogP contribution in [0.1, 0.15) is 49.9 Å². The molecule has 116 heavy (non-hydrogen) atoms. The van der Waals surface area contributed by atoms with E-state index in [1.54, 1.807) is 0 Å². The molecule has 2 aliphatic carbocycles. The van der Waals surface area contributed by atoms with Gasteiger partial charge in [0, 0.05) is 87.9 Å². The summed E-state index contributed by atoms with van der Waals surface area (Å²) in [6.45, 7) is 9.23. The van der Waals surface area contributed by atoms with Gasteiger partial charge in [-0.05, 0) is 177 Å². The van der Waals surface area contributed by atoms with E-state index < -0.39 is 0 Å². The van der Waals surface area contributed by atoms with Gasteiger partial charge in [0.1, 0.15) is 0 Å². The van der Waals surface area contributed by atoms with E-state index in [1.165, 1.54) is 153 Å². The third-order valence-corrected chi connectivity index (χ3v) is 24.8. The molecule has 8 nitrogen and oxygen atoms in total. The Bertz CT molecular complexity index is 7620. The van der Waals surface area contributed by atoms with Gasteiger partial charge in [-0.3, -0.25) is 0 Å². The SMILES string of the molecule is CC1(C)c2ccccc2-c2ccc(-c3nc(-c4ccccc4)nc(-c4ccc(-n5c6cc7ccccc7cc6c6c7ccccc7c7ccccc7c65)cc4)n3)cc21.CC1(C)c2ccccc2-c2ccc(-c3nc(-c4ccccc4)nc(-c4ccc(-n5c6ccc7ccccc7c6c6c7ccccc7c7ccccc7c65)cc4)n3)cc21. The molecule has 0 saturated carbocycles. The van der Waals surface area contributed by atoms with Gasteiger partial charge in [-0.2, -0.15) is 0 Å². The molecule has 0 N–H and O–H groups in total. The van der Waals surface area contributed by atoms with Crippen LogP contribution in [0.15, 0.2) is 364 Å². The molecular weight excluding hydrogens is 1410 g/mol. The maximum Gasteiger partial charge on any atom is 0.164 e. The number of benzene rings is 18. The molecule has 0 bridgehead atoms. The van der Waals surface area contributed by atoms with Crippen LogP contribution in [-0.4, -0.2) is 39.0 Å². The summed E-state index contributed by atoms with van der Waals surface area (Å²) in [5.74, 6) is 3.91. The molecule has 544 valence electrons. The standard InChI is InChI=1S/2C54H36N4/c1-54(2)45-23-13-12-20-41(45)42-30-26-36(32-46(42)54)53-56-51(34-15-4-3-5-16-34)55-52(57-53)35-24-28-37(29-25-35)58-47-31-27-33-14-6-7-17-38(33)48(47)49-43-21-10-8-18-39(43)40-19-9-11-22-44(40)50(49)58;1-54(2)46-23-13-12-20-41(46)42-29-26-37(31-47(42)54)53-56-51(33-14-4-3-5-15-33)55-52(57-53)34-24-27-38(28-25-34)58-48-32-36-17-7-6-16-35(36)30-45(48)49-43-21-10-8-18-39(43)40-19-9-11-22-44(40)50(49)58/h2*3-32H,1-2H3. The summed E-state index contributed by atoms with van der Waals surface area (Å²) in [5.41, 5.74) is 22.8. The molecule has 0 fully saturated rings. The molecule has 0 spiro atoms. The van der Waals surface area contributed by atoms with Crippen LogP contribution >= 0.6 is 0 Å². The van der Waals surface area contributed by atoms with Crippen molar-refractivity contribution in [3.05, 3.63) is 386 Å². The summed E-state index contributed by atoms with van der Waals surface area (Å²) < 4.78 is 4.91. The van der Waals surface area contributed by atoms with Crippen LogP contribution < -0.4 is 0 Å². The van der Waals surface area contributed by atoms with Crippen molar-refractivity contribution >= 4 is 108 Å². The van der Waals surface area contributed by atoms with E-state index in [2.05, 4.69) is 364 Å². The molecule has 0 unspecified atom stereocenters. The molecule has 0 amide bonds. The summed E-state index contributed by atoms with van der Waals surface area (Å²) >= 11 is 0. The van der Waals surface area contributed by atoms with Gasteiger partial charge in [0.05, 0.1) is 22.1 Å². The number of hydrogen-bond acceptors (Lipinski definition) is 6. The van der Waals surface area contributed by atoms with Crippen molar-refractivity contribution in [1.29, 1.82) is 0 Å². The summed E-state index contributed by atoms with van der Waals surface area (Å²) in [7, 11) is 0. The third-order valence-electron chi connectivity index (χ3n) is 24.8. The number of rotatable bonds is 8. The number of hydrogen-bond donors (Lipinski definition) is 0. The maximum atomic E-state index is 5.19. The number of fused-ring (bicyclic) bond motifs is 25. The van der Waals surface area contributed by atoms with Crippen LogP contribution in [-0.2, 0) is 10.8 Å². The average molecular weight is 1480 g/mol. The first-order chi connectivity index (χ1) is 57.0. The topological polar surface area (TPSA) is 87.2 Å². The second kappa shape index (κ2) is 25.8.